The summed E-state index contributed by atoms with van der Waals surface area (Å²) in [7, 11) is 2.28. The third kappa shape index (κ3) is 5.14. The Bertz CT molecular complexity index is 1270. The molecule has 0 saturated carbocycles. The van der Waals surface area contributed by atoms with Crippen LogP contribution in [0.1, 0.15) is 28.2 Å². The van der Waals surface area contributed by atoms with Crippen molar-refractivity contribution in [2.75, 3.05) is 20.8 Å². The van der Waals surface area contributed by atoms with E-state index in [1.807, 2.05) is 48.5 Å². The second-order valence-corrected chi connectivity index (χ2v) is 8.59. The van der Waals surface area contributed by atoms with Gasteiger partial charge < -0.3 is 9.47 Å². The molecule has 0 spiro atoms. The van der Waals surface area contributed by atoms with E-state index in [0.717, 1.165) is 34.3 Å². The summed E-state index contributed by atoms with van der Waals surface area (Å²) in [6.45, 7) is -0.0470. The first-order valence-electron chi connectivity index (χ1n) is 11.2. The van der Waals surface area contributed by atoms with Crippen LogP contribution in [0.3, 0.4) is 0 Å². The van der Waals surface area contributed by atoms with Crippen molar-refractivity contribution in [3.05, 3.63) is 94.6 Å². The predicted molar refractivity (Wildman–Crippen MR) is 124 cm³/mol. The molecule has 0 heterocycles. The normalized spacial score (nSPS) is 13.5. The molecule has 0 radical (unpaired) electrons. The summed E-state index contributed by atoms with van der Waals surface area (Å²) in [6.07, 6.45) is -6.64. The molecule has 1 aliphatic carbocycles. The monoisotopic (exact) mass is 519 g/mol. The number of hydrogen-bond acceptors (Lipinski definition) is 4. The van der Waals surface area contributed by atoms with Crippen LogP contribution >= 0.6 is 0 Å². The third-order valence-electron chi connectivity index (χ3n) is 6.38. The van der Waals surface area contributed by atoms with E-state index in [0.29, 0.717) is 12.1 Å². The fraction of sp³-hybridized carbons (Fsp3) is 0.259. The molecule has 4 rings (SSSR count). The Morgan fingerprint density at radius 1 is 0.946 bits per heavy atom. The summed E-state index contributed by atoms with van der Waals surface area (Å²) in [5.74, 6) is -4.83. The standard InChI is InChI=1S/C27H22F5NO4/c1-33(23(25(34)36-2)13-15-11-21(28)24(22(29)12-15)27(30,31)32)26(35)37-14-20-18-9-5-3-7-16(18)17-8-4-6-10-19(17)20/h3-12,20,23H,13-14H2,1-2H3. The average molecular weight is 519 g/mol. The highest BCUT2D eigenvalue weighted by atomic mass is 19.4. The largest absolute Gasteiger partial charge is 0.467 e. The maximum absolute atomic E-state index is 14.1. The first kappa shape index (κ1) is 26.1. The van der Waals surface area contributed by atoms with Gasteiger partial charge in [-0.15, -0.1) is 0 Å². The molecule has 3 aromatic rings. The van der Waals surface area contributed by atoms with E-state index >= 15 is 0 Å². The number of amides is 1. The summed E-state index contributed by atoms with van der Waals surface area (Å²) < 4.78 is 77.0. The number of esters is 1. The second-order valence-electron chi connectivity index (χ2n) is 8.59. The van der Waals surface area contributed by atoms with Gasteiger partial charge in [-0.25, -0.2) is 18.4 Å². The third-order valence-corrected chi connectivity index (χ3v) is 6.38. The Labute approximate surface area is 209 Å². The van der Waals surface area contributed by atoms with E-state index in [2.05, 4.69) is 0 Å². The summed E-state index contributed by atoms with van der Waals surface area (Å²) >= 11 is 0. The number of fused-ring (bicyclic) bond motifs is 3. The molecule has 10 heteroatoms. The molecule has 1 atom stereocenters. The van der Waals surface area contributed by atoms with Gasteiger partial charge in [0, 0.05) is 19.4 Å². The topological polar surface area (TPSA) is 55.8 Å². The van der Waals surface area contributed by atoms with Crippen molar-refractivity contribution in [1.82, 2.24) is 4.90 Å². The van der Waals surface area contributed by atoms with Crippen LogP contribution in [0.4, 0.5) is 26.7 Å². The zero-order valence-electron chi connectivity index (χ0n) is 19.8. The van der Waals surface area contributed by atoms with Crippen LogP contribution in [0.5, 0.6) is 0 Å². The van der Waals surface area contributed by atoms with E-state index in [1.54, 1.807) is 0 Å². The van der Waals surface area contributed by atoms with Crippen molar-refractivity contribution in [2.45, 2.75) is 24.6 Å². The number of ether oxygens (including phenoxy) is 2. The molecule has 1 unspecified atom stereocenters. The van der Waals surface area contributed by atoms with Gasteiger partial charge in [0.15, 0.2) is 0 Å². The van der Waals surface area contributed by atoms with E-state index in [1.165, 1.54) is 7.05 Å². The Balaban J connectivity index is 1.52. The Kier molecular flexibility index (Phi) is 7.20. The van der Waals surface area contributed by atoms with Crippen LogP contribution < -0.4 is 0 Å². The highest BCUT2D eigenvalue weighted by molar-refractivity contribution is 5.82. The van der Waals surface area contributed by atoms with Crippen molar-refractivity contribution < 1.29 is 41.0 Å². The molecule has 1 aliphatic rings. The number of halogens is 5. The number of nitrogens with zero attached hydrogens (tertiary/aromatic N) is 1. The number of rotatable bonds is 6. The van der Waals surface area contributed by atoms with E-state index in [4.69, 9.17) is 9.47 Å². The Morgan fingerprint density at radius 3 is 1.95 bits per heavy atom. The molecule has 37 heavy (non-hydrogen) atoms. The van der Waals surface area contributed by atoms with Gasteiger partial charge >= 0.3 is 18.2 Å². The van der Waals surface area contributed by atoms with Gasteiger partial charge in [-0.05, 0) is 39.9 Å². The van der Waals surface area contributed by atoms with E-state index in [9.17, 15) is 31.5 Å². The number of carbonyl (C=O) groups excluding carboxylic acids is 2. The van der Waals surface area contributed by atoms with Crippen LogP contribution in [-0.2, 0) is 26.9 Å². The summed E-state index contributed by atoms with van der Waals surface area (Å²) in [5, 5.41) is 0. The van der Waals surface area contributed by atoms with E-state index in [-0.39, 0.29) is 18.1 Å². The second kappa shape index (κ2) is 10.2. The fourth-order valence-corrected chi connectivity index (χ4v) is 4.58. The minimum atomic E-state index is -5.23. The lowest BCUT2D eigenvalue weighted by atomic mass is 9.98. The molecule has 0 saturated heterocycles. The SMILES string of the molecule is COC(=O)C(Cc1cc(F)c(C(F)(F)F)c(F)c1)N(C)C(=O)OCC1c2ccccc2-c2ccccc21. The number of alkyl halides is 3. The lowest BCUT2D eigenvalue weighted by Crippen LogP contribution is -2.45. The molecule has 0 N–H and O–H groups in total. The Hall–Kier alpha value is -3.95. The predicted octanol–water partition coefficient (Wildman–Crippen LogP) is 5.95. The lowest BCUT2D eigenvalue weighted by molar-refractivity contribution is -0.146. The van der Waals surface area contributed by atoms with Gasteiger partial charge in [0.1, 0.15) is 29.8 Å². The van der Waals surface area contributed by atoms with Crippen LogP contribution in [0.15, 0.2) is 60.7 Å². The molecule has 0 aromatic heterocycles. The zero-order chi connectivity index (χ0) is 26.9. The van der Waals surface area contributed by atoms with Gasteiger partial charge in [0.05, 0.1) is 7.11 Å². The van der Waals surface area contributed by atoms with Crippen molar-refractivity contribution >= 4 is 12.1 Å². The summed E-state index contributed by atoms with van der Waals surface area (Å²) in [4.78, 5) is 26.2. The number of methoxy groups -OCH3 is 1. The number of hydrogen-bond donors (Lipinski definition) is 0. The molecule has 0 bridgehead atoms. The van der Waals surface area contributed by atoms with Gasteiger partial charge in [-0.1, -0.05) is 48.5 Å². The molecule has 0 fully saturated rings. The van der Waals surface area contributed by atoms with Crippen LogP contribution in [0.25, 0.3) is 11.1 Å². The summed E-state index contributed by atoms with van der Waals surface area (Å²) in [6, 6.07) is 14.9. The van der Waals surface area contributed by atoms with Crippen molar-refractivity contribution in [3.63, 3.8) is 0 Å². The molecular weight excluding hydrogens is 497 g/mol. The van der Waals surface area contributed by atoms with Crippen molar-refractivity contribution in [3.8, 4) is 11.1 Å². The number of benzene rings is 3. The molecule has 1 amide bonds. The highest BCUT2D eigenvalue weighted by Gasteiger charge is 2.39. The molecule has 3 aromatic carbocycles. The fourth-order valence-electron chi connectivity index (χ4n) is 4.58. The smallest absolute Gasteiger partial charge is 0.422 e. The van der Waals surface area contributed by atoms with Gasteiger partial charge in [-0.3, -0.25) is 4.90 Å². The quantitative estimate of drug-likeness (QED) is 0.299. The molecular formula is C27H22F5NO4. The van der Waals surface area contributed by atoms with Gasteiger partial charge in [-0.2, -0.15) is 13.2 Å². The van der Waals surface area contributed by atoms with E-state index < -0.39 is 47.9 Å². The van der Waals surface area contributed by atoms with Crippen LogP contribution in [0.2, 0.25) is 0 Å². The maximum Gasteiger partial charge on any atom is 0.422 e. The van der Waals surface area contributed by atoms with Gasteiger partial charge in [0.25, 0.3) is 0 Å². The average Bonchev–Trinajstić information content (AvgIpc) is 3.17. The van der Waals surface area contributed by atoms with Crippen molar-refractivity contribution in [2.24, 2.45) is 0 Å². The molecule has 194 valence electrons. The maximum atomic E-state index is 14.1. The number of likely N-dealkylation sites (N-methyl/N-ethyl adjacent to an activating group) is 1. The summed E-state index contributed by atoms with van der Waals surface area (Å²) in [5.41, 5.74) is 1.68. The molecule has 0 aliphatic heterocycles. The minimum Gasteiger partial charge on any atom is -0.467 e. The van der Waals surface area contributed by atoms with Gasteiger partial charge in [0.2, 0.25) is 0 Å². The zero-order valence-corrected chi connectivity index (χ0v) is 19.8. The minimum absolute atomic E-state index is 0.0470. The Morgan fingerprint density at radius 2 is 1.46 bits per heavy atom. The lowest BCUT2D eigenvalue weighted by Gasteiger charge is -2.26. The van der Waals surface area contributed by atoms with Crippen molar-refractivity contribution in [1.29, 1.82) is 0 Å². The molecule has 5 nitrogen and oxygen atoms in total. The van der Waals surface area contributed by atoms with Crippen LogP contribution in [-0.4, -0.2) is 43.8 Å². The first-order valence-corrected chi connectivity index (χ1v) is 11.2. The van der Waals surface area contributed by atoms with Crippen LogP contribution in [0, 0.1) is 11.6 Å². The number of carbonyl (C=O) groups is 2. The highest BCUT2D eigenvalue weighted by Crippen LogP contribution is 2.44. The first-order chi connectivity index (χ1) is 17.5.